The fourth-order valence-electron chi connectivity index (χ4n) is 2.71. The van der Waals surface area contributed by atoms with Crippen LogP contribution < -0.4 is 25.2 Å². The number of carbonyl (C=O) groups is 1. The Morgan fingerprint density at radius 2 is 1.87 bits per heavy atom. The van der Waals surface area contributed by atoms with E-state index in [1.54, 1.807) is 49.9 Å². The summed E-state index contributed by atoms with van der Waals surface area (Å²) in [6.45, 7) is 0.375. The summed E-state index contributed by atoms with van der Waals surface area (Å²) in [4.78, 5) is 16.7. The van der Waals surface area contributed by atoms with Crippen molar-refractivity contribution >= 4 is 38.1 Å². The van der Waals surface area contributed by atoms with Gasteiger partial charge in [0.2, 0.25) is 10.0 Å². The SMILES string of the molecule is COc1ccc(Nc2nc(C(=O)NCCc3ccc(S(N)(=O)=O)cc3)cs2)c(OC)c1. The summed E-state index contributed by atoms with van der Waals surface area (Å²) in [6, 6.07) is 11.6. The molecule has 2 aromatic carbocycles. The van der Waals surface area contributed by atoms with Crippen LogP contribution in [0, 0.1) is 0 Å². The highest BCUT2D eigenvalue weighted by molar-refractivity contribution is 7.89. The molecule has 1 amide bonds. The van der Waals surface area contributed by atoms with Gasteiger partial charge in [-0.1, -0.05) is 12.1 Å². The number of aromatic nitrogens is 1. The number of primary sulfonamides is 1. The van der Waals surface area contributed by atoms with Gasteiger partial charge in [0.05, 0.1) is 24.8 Å². The molecule has 3 rings (SSSR count). The molecule has 0 saturated heterocycles. The molecule has 0 aliphatic heterocycles. The van der Waals surface area contributed by atoms with Gasteiger partial charge in [-0.15, -0.1) is 11.3 Å². The lowest BCUT2D eigenvalue weighted by atomic mass is 10.1. The minimum Gasteiger partial charge on any atom is -0.497 e. The molecule has 0 saturated carbocycles. The van der Waals surface area contributed by atoms with Gasteiger partial charge in [0.15, 0.2) is 5.13 Å². The van der Waals surface area contributed by atoms with Crippen LogP contribution in [-0.2, 0) is 16.4 Å². The first-order valence-electron chi connectivity index (χ1n) is 9.14. The van der Waals surface area contributed by atoms with Crippen LogP contribution >= 0.6 is 11.3 Å². The number of amides is 1. The average molecular weight is 463 g/mol. The third-order valence-electron chi connectivity index (χ3n) is 4.34. The topological polar surface area (TPSA) is 133 Å². The van der Waals surface area contributed by atoms with E-state index in [4.69, 9.17) is 14.6 Å². The smallest absolute Gasteiger partial charge is 0.270 e. The van der Waals surface area contributed by atoms with Crippen molar-refractivity contribution in [2.75, 3.05) is 26.1 Å². The fraction of sp³-hybridized carbons (Fsp3) is 0.200. The van der Waals surface area contributed by atoms with Gasteiger partial charge in [-0.3, -0.25) is 4.79 Å². The van der Waals surface area contributed by atoms with Crippen LogP contribution in [0.3, 0.4) is 0 Å². The summed E-state index contributed by atoms with van der Waals surface area (Å²) in [5, 5.41) is 13.2. The van der Waals surface area contributed by atoms with Gasteiger partial charge in [0, 0.05) is 18.0 Å². The molecule has 31 heavy (non-hydrogen) atoms. The van der Waals surface area contributed by atoms with E-state index in [-0.39, 0.29) is 10.8 Å². The Morgan fingerprint density at radius 1 is 1.13 bits per heavy atom. The summed E-state index contributed by atoms with van der Waals surface area (Å²) in [5.74, 6) is 0.960. The number of benzene rings is 2. The predicted octanol–water partition coefficient (Wildman–Crippen LogP) is 2.52. The lowest BCUT2D eigenvalue weighted by Crippen LogP contribution is -2.26. The molecular formula is C20H22N4O5S2. The summed E-state index contributed by atoms with van der Waals surface area (Å²) in [7, 11) is -0.580. The second-order valence-corrected chi connectivity index (χ2v) is 8.84. The van der Waals surface area contributed by atoms with E-state index in [0.29, 0.717) is 41.0 Å². The zero-order valence-corrected chi connectivity index (χ0v) is 18.5. The van der Waals surface area contributed by atoms with Gasteiger partial charge in [-0.05, 0) is 36.2 Å². The lowest BCUT2D eigenvalue weighted by Gasteiger charge is -2.10. The van der Waals surface area contributed by atoms with Gasteiger partial charge in [-0.2, -0.15) is 0 Å². The van der Waals surface area contributed by atoms with Crippen LogP contribution in [0.5, 0.6) is 11.5 Å². The summed E-state index contributed by atoms with van der Waals surface area (Å²) >= 11 is 1.30. The van der Waals surface area contributed by atoms with E-state index >= 15 is 0 Å². The zero-order chi connectivity index (χ0) is 22.4. The highest BCUT2D eigenvalue weighted by Gasteiger charge is 2.13. The molecule has 9 nitrogen and oxygen atoms in total. The van der Waals surface area contributed by atoms with Crippen molar-refractivity contribution in [1.29, 1.82) is 0 Å². The Labute approximate surface area is 184 Å². The van der Waals surface area contributed by atoms with Crippen LogP contribution in [0.2, 0.25) is 0 Å². The predicted molar refractivity (Wildman–Crippen MR) is 119 cm³/mol. The fourth-order valence-corrected chi connectivity index (χ4v) is 3.93. The number of methoxy groups -OCH3 is 2. The molecule has 1 heterocycles. The Bertz CT molecular complexity index is 1160. The molecule has 1 aromatic heterocycles. The number of ether oxygens (including phenoxy) is 2. The Morgan fingerprint density at radius 3 is 2.52 bits per heavy atom. The number of nitrogens with zero attached hydrogens (tertiary/aromatic N) is 1. The molecule has 164 valence electrons. The third kappa shape index (κ3) is 5.94. The molecule has 0 aliphatic carbocycles. The standard InChI is InChI=1S/C20H22N4O5S2/c1-28-14-5-8-16(18(11-14)29-2)23-20-24-17(12-30-20)19(25)22-10-9-13-3-6-15(7-4-13)31(21,26)27/h3-8,11-12H,9-10H2,1-2H3,(H,22,25)(H,23,24)(H2,21,26,27). The van der Waals surface area contributed by atoms with Crippen molar-refractivity contribution in [3.8, 4) is 11.5 Å². The molecule has 11 heteroatoms. The van der Waals surface area contributed by atoms with Crippen LogP contribution in [0.15, 0.2) is 52.7 Å². The maximum Gasteiger partial charge on any atom is 0.270 e. The van der Waals surface area contributed by atoms with Crippen molar-refractivity contribution in [3.63, 3.8) is 0 Å². The van der Waals surface area contributed by atoms with E-state index in [1.807, 2.05) is 0 Å². The Hall–Kier alpha value is -3.15. The number of hydrogen-bond donors (Lipinski definition) is 3. The van der Waals surface area contributed by atoms with E-state index in [2.05, 4.69) is 15.6 Å². The van der Waals surface area contributed by atoms with E-state index in [0.717, 1.165) is 5.56 Å². The first kappa shape index (κ1) is 22.5. The maximum atomic E-state index is 12.4. The molecule has 0 radical (unpaired) electrons. The van der Waals surface area contributed by atoms with Gasteiger partial charge in [0.25, 0.3) is 5.91 Å². The number of thiazole rings is 1. The Balaban J connectivity index is 1.56. The Kier molecular flexibility index (Phi) is 7.10. The molecule has 0 bridgehead atoms. The third-order valence-corrected chi connectivity index (χ3v) is 6.03. The monoisotopic (exact) mass is 462 g/mol. The van der Waals surface area contributed by atoms with Crippen LogP contribution in [-0.4, -0.2) is 40.1 Å². The van der Waals surface area contributed by atoms with E-state index in [9.17, 15) is 13.2 Å². The second kappa shape index (κ2) is 9.77. The molecule has 0 aliphatic rings. The molecular weight excluding hydrogens is 440 g/mol. The zero-order valence-electron chi connectivity index (χ0n) is 16.9. The highest BCUT2D eigenvalue weighted by Crippen LogP contribution is 2.32. The van der Waals surface area contributed by atoms with Crippen LogP contribution in [0.1, 0.15) is 16.1 Å². The van der Waals surface area contributed by atoms with Crippen molar-refractivity contribution in [2.24, 2.45) is 5.14 Å². The van der Waals surface area contributed by atoms with Gasteiger partial charge in [-0.25, -0.2) is 18.5 Å². The summed E-state index contributed by atoms with van der Waals surface area (Å²) in [5.41, 5.74) is 1.87. The second-order valence-electron chi connectivity index (χ2n) is 6.42. The highest BCUT2D eigenvalue weighted by atomic mass is 32.2. The minimum absolute atomic E-state index is 0.0521. The van der Waals surface area contributed by atoms with E-state index < -0.39 is 10.0 Å². The lowest BCUT2D eigenvalue weighted by molar-refractivity contribution is 0.0950. The van der Waals surface area contributed by atoms with Gasteiger partial charge < -0.3 is 20.1 Å². The number of hydrogen-bond acceptors (Lipinski definition) is 8. The normalized spacial score (nSPS) is 11.1. The number of nitrogens with one attached hydrogen (secondary N) is 2. The molecule has 0 spiro atoms. The number of anilines is 2. The van der Waals surface area contributed by atoms with Crippen LogP contribution in [0.4, 0.5) is 10.8 Å². The summed E-state index contributed by atoms with van der Waals surface area (Å²) in [6.07, 6.45) is 0.537. The number of rotatable bonds is 9. The van der Waals surface area contributed by atoms with Crippen molar-refractivity contribution in [1.82, 2.24) is 10.3 Å². The largest absolute Gasteiger partial charge is 0.497 e. The van der Waals surface area contributed by atoms with Crippen molar-refractivity contribution in [2.45, 2.75) is 11.3 Å². The van der Waals surface area contributed by atoms with Crippen molar-refractivity contribution in [3.05, 3.63) is 59.1 Å². The number of sulfonamides is 1. The summed E-state index contributed by atoms with van der Waals surface area (Å²) < 4.78 is 33.1. The van der Waals surface area contributed by atoms with Crippen LogP contribution in [0.25, 0.3) is 0 Å². The van der Waals surface area contributed by atoms with Crippen molar-refractivity contribution < 1.29 is 22.7 Å². The first-order valence-corrected chi connectivity index (χ1v) is 11.6. The molecule has 0 fully saturated rings. The number of carbonyl (C=O) groups excluding carboxylic acids is 1. The molecule has 0 atom stereocenters. The molecule has 0 unspecified atom stereocenters. The average Bonchev–Trinajstić information content (AvgIpc) is 3.22. The first-order chi connectivity index (χ1) is 14.8. The maximum absolute atomic E-state index is 12.4. The minimum atomic E-state index is -3.71. The van der Waals surface area contributed by atoms with Gasteiger partial charge in [0.1, 0.15) is 17.2 Å². The van der Waals surface area contributed by atoms with E-state index in [1.165, 1.54) is 23.5 Å². The number of nitrogens with two attached hydrogens (primary N) is 1. The van der Waals surface area contributed by atoms with Gasteiger partial charge >= 0.3 is 0 Å². The quantitative estimate of drug-likeness (QED) is 0.445. The molecule has 3 aromatic rings. The molecule has 4 N–H and O–H groups in total.